The van der Waals surface area contributed by atoms with Gasteiger partial charge >= 0.3 is 11.9 Å². The van der Waals surface area contributed by atoms with E-state index in [9.17, 15) is 14.4 Å². The van der Waals surface area contributed by atoms with Crippen molar-refractivity contribution in [2.75, 3.05) is 14.2 Å². The molecule has 6 heteroatoms. The average molecular weight is 421 g/mol. The predicted molar refractivity (Wildman–Crippen MR) is 115 cm³/mol. The van der Waals surface area contributed by atoms with E-state index in [0.717, 1.165) is 50.5 Å². The third-order valence-electron chi connectivity index (χ3n) is 5.01. The fourth-order valence-electron chi connectivity index (χ4n) is 3.32. The normalized spacial score (nSPS) is 12.8. The van der Waals surface area contributed by atoms with E-state index in [1.807, 2.05) is 30.3 Å². The summed E-state index contributed by atoms with van der Waals surface area (Å²) in [6.07, 6.45) is 6.34. The van der Waals surface area contributed by atoms with Crippen LogP contribution in [0.25, 0.3) is 0 Å². The Morgan fingerprint density at radius 3 is 2.20 bits per heavy atom. The molecule has 0 N–H and O–H groups in total. The van der Waals surface area contributed by atoms with Gasteiger partial charge in [0.1, 0.15) is 11.9 Å². The molecule has 0 bridgehead atoms. The molecule has 2 atom stereocenters. The Morgan fingerprint density at radius 1 is 0.867 bits per heavy atom. The Hall–Kier alpha value is -2.21. The predicted octanol–water partition coefficient (Wildman–Crippen LogP) is 4.95. The highest BCUT2D eigenvalue weighted by molar-refractivity contribution is 5.82. The molecule has 0 unspecified atom stereocenters. The summed E-state index contributed by atoms with van der Waals surface area (Å²) >= 11 is 0. The van der Waals surface area contributed by atoms with Crippen LogP contribution in [0.4, 0.5) is 0 Å². The minimum absolute atomic E-state index is 0.102. The zero-order valence-corrected chi connectivity index (χ0v) is 18.6. The van der Waals surface area contributed by atoms with Crippen LogP contribution < -0.4 is 0 Å². The lowest BCUT2D eigenvalue weighted by Gasteiger charge is -2.21. The van der Waals surface area contributed by atoms with Gasteiger partial charge in [-0.05, 0) is 31.2 Å². The monoisotopic (exact) mass is 420 g/mol. The molecular formula is C24H36O6. The molecule has 1 aromatic rings. The number of ketones is 1. The number of unbranched alkanes of at least 4 members (excludes halogenated alkanes) is 3. The van der Waals surface area contributed by atoms with Crippen LogP contribution in [-0.2, 0) is 28.6 Å². The Bertz CT molecular complexity index is 628. The van der Waals surface area contributed by atoms with Crippen molar-refractivity contribution in [1.29, 1.82) is 0 Å². The number of esters is 2. The first kappa shape index (κ1) is 25.8. The van der Waals surface area contributed by atoms with Crippen LogP contribution in [0.1, 0.15) is 82.8 Å². The zero-order chi connectivity index (χ0) is 22.2. The Balaban J connectivity index is 2.31. The van der Waals surface area contributed by atoms with E-state index < -0.39 is 6.10 Å². The highest BCUT2D eigenvalue weighted by Crippen LogP contribution is 2.21. The molecular weight excluding hydrogens is 384 g/mol. The van der Waals surface area contributed by atoms with Crippen molar-refractivity contribution >= 4 is 17.7 Å². The van der Waals surface area contributed by atoms with Gasteiger partial charge in [-0.2, -0.15) is 0 Å². The van der Waals surface area contributed by atoms with Crippen molar-refractivity contribution in [1.82, 2.24) is 0 Å². The summed E-state index contributed by atoms with van der Waals surface area (Å²) < 4.78 is 15.6. The van der Waals surface area contributed by atoms with Gasteiger partial charge in [0, 0.05) is 20.0 Å². The van der Waals surface area contributed by atoms with Crippen LogP contribution in [0, 0.1) is 0 Å². The van der Waals surface area contributed by atoms with Crippen molar-refractivity contribution in [2.24, 2.45) is 0 Å². The lowest BCUT2D eigenvalue weighted by Crippen LogP contribution is -2.24. The maximum absolute atomic E-state index is 12.6. The van der Waals surface area contributed by atoms with Gasteiger partial charge in [-0.1, -0.05) is 56.5 Å². The first-order valence-electron chi connectivity index (χ1n) is 10.9. The number of rotatable bonds is 16. The highest BCUT2D eigenvalue weighted by atomic mass is 16.6. The van der Waals surface area contributed by atoms with Gasteiger partial charge < -0.3 is 14.2 Å². The lowest BCUT2D eigenvalue weighted by atomic mass is 10.0. The SMILES string of the molecule is CCC[C@@H](CCCCCCC(=O)CCC(=O)OC)OC(=O)[C@H](OC)c1ccccc1. The van der Waals surface area contributed by atoms with E-state index in [0.29, 0.717) is 6.42 Å². The second-order valence-corrected chi connectivity index (χ2v) is 7.44. The molecule has 0 aliphatic rings. The van der Waals surface area contributed by atoms with Crippen LogP contribution in [0.3, 0.4) is 0 Å². The van der Waals surface area contributed by atoms with Gasteiger partial charge in [0.2, 0.25) is 0 Å². The summed E-state index contributed by atoms with van der Waals surface area (Å²) in [7, 11) is 2.84. The maximum Gasteiger partial charge on any atom is 0.340 e. The van der Waals surface area contributed by atoms with Crippen LogP contribution in [0.5, 0.6) is 0 Å². The molecule has 0 spiro atoms. The molecule has 0 radical (unpaired) electrons. The molecule has 0 heterocycles. The average Bonchev–Trinajstić information content (AvgIpc) is 2.75. The standard InChI is InChI=1S/C24H36O6/c1-4-12-21(30-24(27)23(29-3)19-13-8-7-9-14-19)16-11-6-5-10-15-20(25)17-18-22(26)28-2/h7-9,13-14,21,23H,4-6,10-12,15-18H2,1-3H3/t21-,23+/m0/s1. The summed E-state index contributed by atoms with van der Waals surface area (Å²) in [6.45, 7) is 2.08. The molecule has 0 saturated carbocycles. The molecule has 0 saturated heterocycles. The minimum Gasteiger partial charge on any atom is -0.469 e. The van der Waals surface area contributed by atoms with Crippen molar-refractivity contribution in [3.05, 3.63) is 35.9 Å². The van der Waals surface area contributed by atoms with Crippen molar-refractivity contribution in [3.8, 4) is 0 Å². The Kier molecular flexibility index (Phi) is 13.4. The van der Waals surface area contributed by atoms with Crippen molar-refractivity contribution < 1.29 is 28.6 Å². The number of ether oxygens (including phenoxy) is 3. The molecule has 0 aliphatic carbocycles. The number of hydrogen-bond donors (Lipinski definition) is 0. The number of carbonyl (C=O) groups is 3. The third-order valence-corrected chi connectivity index (χ3v) is 5.01. The summed E-state index contributed by atoms with van der Waals surface area (Å²) in [5.74, 6) is -0.592. The summed E-state index contributed by atoms with van der Waals surface area (Å²) in [5, 5.41) is 0. The van der Waals surface area contributed by atoms with E-state index in [1.165, 1.54) is 14.2 Å². The highest BCUT2D eigenvalue weighted by Gasteiger charge is 2.24. The van der Waals surface area contributed by atoms with Gasteiger partial charge in [-0.25, -0.2) is 4.79 Å². The largest absolute Gasteiger partial charge is 0.469 e. The molecule has 168 valence electrons. The van der Waals surface area contributed by atoms with E-state index >= 15 is 0 Å². The fourth-order valence-corrected chi connectivity index (χ4v) is 3.32. The van der Waals surface area contributed by atoms with Crippen LogP contribution in [-0.4, -0.2) is 38.0 Å². The zero-order valence-electron chi connectivity index (χ0n) is 18.6. The quantitative estimate of drug-likeness (QED) is 0.278. The van der Waals surface area contributed by atoms with E-state index in [1.54, 1.807) is 0 Å². The Labute approximate surface area is 180 Å². The molecule has 0 amide bonds. The molecule has 6 nitrogen and oxygen atoms in total. The van der Waals surface area contributed by atoms with E-state index in [-0.39, 0.29) is 36.7 Å². The second-order valence-electron chi connectivity index (χ2n) is 7.44. The first-order valence-corrected chi connectivity index (χ1v) is 10.9. The Morgan fingerprint density at radius 2 is 1.57 bits per heavy atom. The lowest BCUT2D eigenvalue weighted by molar-refractivity contribution is -0.162. The van der Waals surface area contributed by atoms with Crippen molar-refractivity contribution in [2.45, 2.75) is 83.3 Å². The second kappa shape index (κ2) is 15.6. The van der Waals surface area contributed by atoms with Crippen LogP contribution >= 0.6 is 0 Å². The summed E-state index contributed by atoms with van der Waals surface area (Å²) in [4.78, 5) is 35.4. The number of hydrogen-bond acceptors (Lipinski definition) is 6. The fraction of sp³-hybridized carbons (Fsp3) is 0.625. The summed E-state index contributed by atoms with van der Waals surface area (Å²) in [6, 6.07) is 9.36. The van der Waals surface area contributed by atoms with Gasteiger partial charge in [-0.3, -0.25) is 9.59 Å². The van der Waals surface area contributed by atoms with Crippen LogP contribution in [0.15, 0.2) is 30.3 Å². The van der Waals surface area contributed by atoms with Gasteiger partial charge in [0.15, 0.2) is 6.10 Å². The molecule has 0 aromatic heterocycles. The third kappa shape index (κ3) is 10.5. The molecule has 30 heavy (non-hydrogen) atoms. The maximum atomic E-state index is 12.6. The molecule has 0 fully saturated rings. The minimum atomic E-state index is -0.707. The molecule has 0 aliphatic heterocycles. The smallest absolute Gasteiger partial charge is 0.340 e. The number of Topliss-reactive ketones (excluding diaryl/α,β-unsaturated/α-hetero) is 1. The van der Waals surface area contributed by atoms with Crippen LogP contribution in [0.2, 0.25) is 0 Å². The van der Waals surface area contributed by atoms with Gasteiger partial charge in [0.05, 0.1) is 13.5 Å². The topological polar surface area (TPSA) is 78.9 Å². The van der Waals surface area contributed by atoms with Gasteiger partial charge in [0.25, 0.3) is 0 Å². The van der Waals surface area contributed by atoms with Gasteiger partial charge in [-0.15, -0.1) is 0 Å². The number of benzene rings is 1. The number of methoxy groups -OCH3 is 2. The van der Waals surface area contributed by atoms with Crippen molar-refractivity contribution in [3.63, 3.8) is 0 Å². The molecule has 1 rings (SSSR count). The number of carbonyl (C=O) groups excluding carboxylic acids is 3. The molecule has 1 aromatic carbocycles. The summed E-state index contributed by atoms with van der Waals surface area (Å²) in [5.41, 5.74) is 0.789. The first-order chi connectivity index (χ1) is 14.5. The van der Waals surface area contributed by atoms with E-state index in [4.69, 9.17) is 9.47 Å². The van der Waals surface area contributed by atoms with E-state index in [2.05, 4.69) is 11.7 Å².